The van der Waals surface area contributed by atoms with Gasteiger partial charge in [-0.25, -0.2) is 9.37 Å². The average molecular weight is 437 g/mol. The molecule has 31 heavy (non-hydrogen) atoms. The fraction of sp³-hybridized carbons (Fsp3) is 0.174. The molecule has 0 unspecified atom stereocenters. The highest BCUT2D eigenvalue weighted by Gasteiger charge is 2.15. The van der Waals surface area contributed by atoms with E-state index in [1.807, 2.05) is 36.6 Å². The van der Waals surface area contributed by atoms with E-state index in [4.69, 9.17) is 0 Å². The Hall–Kier alpha value is -3.36. The van der Waals surface area contributed by atoms with E-state index in [9.17, 15) is 14.0 Å². The lowest BCUT2D eigenvalue weighted by Crippen LogP contribution is -2.31. The van der Waals surface area contributed by atoms with Crippen LogP contribution >= 0.6 is 11.3 Å². The molecular formula is C23H21FN4O2S. The first kappa shape index (κ1) is 20.9. The number of aromatic nitrogens is 2. The van der Waals surface area contributed by atoms with E-state index in [1.54, 1.807) is 24.1 Å². The van der Waals surface area contributed by atoms with Gasteiger partial charge < -0.3 is 10.3 Å². The molecule has 0 fully saturated rings. The minimum absolute atomic E-state index is 0.149. The van der Waals surface area contributed by atoms with Crippen LogP contribution in [-0.2, 0) is 11.3 Å². The molecule has 2 aromatic carbocycles. The Morgan fingerprint density at radius 3 is 2.58 bits per heavy atom. The minimum Gasteiger partial charge on any atom is -0.325 e. The number of nitrogens with one attached hydrogen (secondary N) is 2. The summed E-state index contributed by atoms with van der Waals surface area (Å²) in [5.41, 5.74) is 3.10. The number of fused-ring (bicyclic) bond motifs is 1. The van der Waals surface area contributed by atoms with Crippen molar-refractivity contribution in [3.05, 3.63) is 81.5 Å². The number of benzene rings is 2. The van der Waals surface area contributed by atoms with Crippen LogP contribution in [0.5, 0.6) is 0 Å². The number of carbonyl (C=O) groups excluding carboxylic acids is 1. The summed E-state index contributed by atoms with van der Waals surface area (Å²) >= 11 is 1.36. The van der Waals surface area contributed by atoms with Gasteiger partial charge >= 0.3 is 0 Å². The second-order valence-corrected chi connectivity index (χ2v) is 8.29. The Morgan fingerprint density at radius 1 is 1.16 bits per heavy atom. The van der Waals surface area contributed by atoms with Crippen LogP contribution in [0, 0.1) is 12.7 Å². The van der Waals surface area contributed by atoms with Crippen molar-refractivity contribution in [1.29, 1.82) is 0 Å². The van der Waals surface area contributed by atoms with Crippen molar-refractivity contribution in [1.82, 2.24) is 14.9 Å². The van der Waals surface area contributed by atoms with E-state index in [0.29, 0.717) is 22.6 Å². The highest BCUT2D eigenvalue weighted by atomic mass is 32.1. The zero-order chi connectivity index (χ0) is 22.0. The molecule has 2 N–H and O–H groups in total. The summed E-state index contributed by atoms with van der Waals surface area (Å²) in [5, 5.41) is 5.19. The van der Waals surface area contributed by atoms with Crippen molar-refractivity contribution < 1.29 is 9.18 Å². The third-order valence-electron chi connectivity index (χ3n) is 4.82. The van der Waals surface area contributed by atoms with Gasteiger partial charge in [-0.05, 0) is 43.8 Å². The average Bonchev–Trinajstić information content (AvgIpc) is 3.14. The molecule has 0 saturated heterocycles. The van der Waals surface area contributed by atoms with Gasteiger partial charge in [-0.15, -0.1) is 11.3 Å². The van der Waals surface area contributed by atoms with Crippen LogP contribution in [0.4, 0.5) is 10.1 Å². The van der Waals surface area contributed by atoms with Crippen LogP contribution in [0.2, 0.25) is 0 Å². The maximum Gasteiger partial charge on any atom is 0.260 e. The van der Waals surface area contributed by atoms with Crippen LogP contribution in [0.25, 0.3) is 21.3 Å². The van der Waals surface area contributed by atoms with Crippen LogP contribution < -0.4 is 10.9 Å². The van der Waals surface area contributed by atoms with Gasteiger partial charge in [0.1, 0.15) is 16.5 Å². The summed E-state index contributed by atoms with van der Waals surface area (Å²) in [4.78, 5) is 34.8. The van der Waals surface area contributed by atoms with Gasteiger partial charge in [0.05, 0.1) is 18.5 Å². The number of H-pyrrole nitrogens is 1. The Bertz CT molecular complexity index is 1280. The molecule has 0 aliphatic heterocycles. The molecule has 2 heterocycles. The highest BCUT2D eigenvalue weighted by molar-refractivity contribution is 7.17. The number of nitrogens with zero attached hydrogens (tertiary/aromatic N) is 2. The summed E-state index contributed by atoms with van der Waals surface area (Å²) < 4.78 is 13.2. The normalized spacial score (nSPS) is 11.2. The number of amides is 1. The summed E-state index contributed by atoms with van der Waals surface area (Å²) in [6, 6.07) is 13.6. The van der Waals surface area contributed by atoms with Crippen molar-refractivity contribution in [3.8, 4) is 11.1 Å². The molecule has 0 radical (unpaired) electrons. The Balaban J connectivity index is 1.47. The number of hydrogen-bond donors (Lipinski definition) is 2. The lowest BCUT2D eigenvalue weighted by atomic mass is 10.1. The van der Waals surface area contributed by atoms with Crippen molar-refractivity contribution in [2.45, 2.75) is 13.5 Å². The maximum absolute atomic E-state index is 13.2. The first-order chi connectivity index (χ1) is 14.9. The molecule has 8 heteroatoms. The molecular weight excluding hydrogens is 415 g/mol. The standard InChI is InChI=1S/C23H21FN4O2S/c1-14-3-9-17(10-4-14)25-20(29)12-28(2)11-19-26-22(30)21-18(13-31-23(21)27-19)15-5-7-16(24)8-6-15/h3-10,13H,11-12H2,1-2H3,(H,25,29)(H,26,27,30). The SMILES string of the molecule is Cc1ccc(NC(=O)CN(C)Cc2nc3scc(-c4ccc(F)cc4)c3c(=O)[nH]2)cc1. The van der Waals surface area contributed by atoms with Gasteiger partial charge in [-0.3, -0.25) is 14.5 Å². The Morgan fingerprint density at radius 2 is 1.87 bits per heavy atom. The number of carbonyl (C=O) groups is 1. The number of anilines is 1. The second kappa shape index (κ2) is 8.79. The van der Waals surface area contributed by atoms with Gasteiger partial charge in [0.15, 0.2) is 0 Å². The predicted octanol–water partition coefficient (Wildman–Crippen LogP) is 4.17. The fourth-order valence-electron chi connectivity index (χ4n) is 3.30. The molecule has 0 aliphatic carbocycles. The first-order valence-electron chi connectivity index (χ1n) is 9.70. The molecule has 4 aromatic rings. The Kier molecular flexibility index (Phi) is 5.92. The predicted molar refractivity (Wildman–Crippen MR) is 122 cm³/mol. The van der Waals surface area contributed by atoms with E-state index in [1.165, 1.54) is 23.5 Å². The number of likely N-dealkylation sites (N-methyl/N-ethyl adjacent to an activating group) is 1. The number of hydrogen-bond acceptors (Lipinski definition) is 5. The maximum atomic E-state index is 13.2. The monoisotopic (exact) mass is 436 g/mol. The summed E-state index contributed by atoms with van der Waals surface area (Å²) in [7, 11) is 1.79. The molecule has 0 atom stereocenters. The van der Waals surface area contributed by atoms with Crippen molar-refractivity contribution >= 4 is 33.1 Å². The number of aromatic amines is 1. The van der Waals surface area contributed by atoms with E-state index in [-0.39, 0.29) is 23.8 Å². The van der Waals surface area contributed by atoms with Crippen LogP contribution in [0.15, 0.2) is 58.7 Å². The molecule has 0 spiro atoms. The highest BCUT2D eigenvalue weighted by Crippen LogP contribution is 2.30. The number of halogens is 1. The molecule has 158 valence electrons. The van der Waals surface area contributed by atoms with E-state index < -0.39 is 0 Å². The summed E-state index contributed by atoms with van der Waals surface area (Å²) in [6.07, 6.45) is 0. The first-order valence-corrected chi connectivity index (χ1v) is 10.6. The number of aryl methyl sites for hydroxylation is 1. The van der Waals surface area contributed by atoms with Crippen LogP contribution in [0.3, 0.4) is 0 Å². The van der Waals surface area contributed by atoms with Gasteiger partial charge in [0.25, 0.3) is 5.56 Å². The zero-order valence-electron chi connectivity index (χ0n) is 17.1. The van der Waals surface area contributed by atoms with E-state index in [0.717, 1.165) is 22.4 Å². The van der Waals surface area contributed by atoms with Crippen molar-refractivity contribution in [2.24, 2.45) is 0 Å². The van der Waals surface area contributed by atoms with Crippen LogP contribution in [-0.4, -0.2) is 34.4 Å². The Labute approximate surface area is 182 Å². The molecule has 2 aromatic heterocycles. The molecule has 1 amide bonds. The molecule has 0 saturated carbocycles. The zero-order valence-corrected chi connectivity index (χ0v) is 17.9. The van der Waals surface area contributed by atoms with E-state index in [2.05, 4.69) is 15.3 Å². The van der Waals surface area contributed by atoms with Crippen molar-refractivity contribution in [2.75, 3.05) is 18.9 Å². The lowest BCUT2D eigenvalue weighted by molar-refractivity contribution is -0.117. The van der Waals surface area contributed by atoms with Gasteiger partial charge in [0, 0.05) is 16.6 Å². The number of rotatable bonds is 6. The third-order valence-corrected chi connectivity index (χ3v) is 5.69. The summed E-state index contributed by atoms with van der Waals surface area (Å²) in [5.74, 6) is 0.00666. The van der Waals surface area contributed by atoms with Crippen LogP contribution in [0.1, 0.15) is 11.4 Å². The molecule has 4 rings (SSSR count). The smallest absolute Gasteiger partial charge is 0.260 e. The largest absolute Gasteiger partial charge is 0.325 e. The van der Waals surface area contributed by atoms with Gasteiger partial charge in [0.2, 0.25) is 5.91 Å². The lowest BCUT2D eigenvalue weighted by Gasteiger charge is -2.15. The van der Waals surface area contributed by atoms with E-state index >= 15 is 0 Å². The van der Waals surface area contributed by atoms with Gasteiger partial charge in [-0.2, -0.15) is 0 Å². The quantitative estimate of drug-likeness (QED) is 0.476. The van der Waals surface area contributed by atoms with Gasteiger partial charge in [-0.1, -0.05) is 29.8 Å². The summed E-state index contributed by atoms with van der Waals surface area (Å²) in [6.45, 7) is 2.46. The number of thiophene rings is 1. The minimum atomic E-state index is -0.327. The second-order valence-electron chi connectivity index (χ2n) is 7.44. The molecule has 6 nitrogen and oxygen atoms in total. The third kappa shape index (κ3) is 4.87. The van der Waals surface area contributed by atoms with Crippen molar-refractivity contribution in [3.63, 3.8) is 0 Å². The fourth-order valence-corrected chi connectivity index (χ4v) is 4.27. The molecule has 0 aliphatic rings. The molecule has 0 bridgehead atoms. The topological polar surface area (TPSA) is 78.1 Å².